The first-order valence-corrected chi connectivity index (χ1v) is 3.94. The van der Waals surface area contributed by atoms with Gasteiger partial charge in [0.2, 0.25) is 7.99 Å². The molecule has 2 nitrogen and oxygen atoms in total. The molecule has 0 radical (unpaired) electrons. The van der Waals surface area contributed by atoms with Gasteiger partial charge in [-0.05, 0) is 0 Å². The summed E-state index contributed by atoms with van der Waals surface area (Å²) < 4.78 is 17.0. The Morgan fingerprint density at radius 1 is 2.00 bits per heavy atom. The standard InChI is InChI=1S/ClHO2S2/c1-5(2,3)4/h(H,2,3,4). The second kappa shape index (κ2) is 1.38. The zero-order valence-corrected chi connectivity index (χ0v) is 4.44. The maximum Gasteiger partial charge on any atom is 0.228 e. The molecule has 0 bridgehead atoms. The van der Waals surface area contributed by atoms with Crippen molar-refractivity contribution in [1.82, 2.24) is 0 Å². The van der Waals surface area contributed by atoms with Crippen LogP contribution in [-0.2, 0) is 19.2 Å². The van der Waals surface area contributed by atoms with Crippen molar-refractivity contribution in [2.75, 3.05) is 0 Å². The molecule has 0 amide bonds. The van der Waals surface area contributed by atoms with Crippen molar-refractivity contribution in [1.29, 1.82) is 0 Å². The molecular weight excluding hydrogens is 132 g/mol. The van der Waals surface area contributed by atoms with Crippen LogP contribution in [0.25, 0.3) is 0 Å². The summed E-state index contributed by atoms with van der Waals surface area (Å²) in [7, 11) is 1.07. The Morgan fingerprint density at radius 3 is 2.00 bits per heavy atom. The highest BCUT2D eigenvalue weighted by atomic mass is 35.7. The second-order valence-electron chi connectivity index (χ2n) is 0.412. The van der Waals surface area contributed by atoms with E-state index in [2.05, 4.69) is 21.9 Å². The van der Waals surface area contributed by atoms with Crippen molar-refractivity contribution in [3.8, 4) is 0 Å². The molecule has 0 aromatic carbocycles. The van der Waals surface area contributed by atoms with Gasteiger partial charge >= 0.3 is 0 Å². The third-order valence-electron chi connectivity index (χ3n) is 0. The molecule has 32 valence electrons. The van der Waals surface area contributed by atoms with Crippen LogP contribution < -0.4 is 0 Å². The highest BCUT2D eigenvalue weighted by Crippen LogP contribution is 1.84. The van der Waals surface area contributed by atoms with Gasteiger partial charge in [0.15, 0.2) is 0 Å². The smallest absolute Gasteiger partial charge is 0.228 e. The molecule has 0 aliphatic carbocycles. The molecule has 0 heterocycles. The number of hydrogen-bond donors (Lipinski definition) is 1. The zero-order chi connectivity index (χ0) is 4.50. The zero-order valence-electron chi connectivity index (χ0n) is 2.05. The molecule has 0 aliphatic heterocycles. The van der Waals surface area contributed by atoms with Gasteiger partial charge in [-0.2, -0.15) is 0 Å². The van der Waals surface area contributed by atoms with Crippen LogP contribution in [0.1, 0.15) is 0 Å². The van der Waals surface area contributed by atoms with Crippen LogP contribution >= 0.6 is 10.7 Å². The van der Waals surface area contributed by atoms with Gasteiger partial charge in [-0.25, -0.2) is 4.21 Å². The molecule has 0 fully saturated rings. The molecule has 5 heteroatoms. The van der Waals surface area contributed by atoms with E-state index in [4.69, 9.17) is 4.55 Å². The molecule has 5 heavy (non-hydrogen) atoms. The fraction of sp³-hybridized carbons (Fsp3) is 0. The third-order valence-corrected chi connectivity index (χ3v) is 0. The van der Waals surface area contributed by atoms with E-state index in [0.29, 0.717) is 0 Å². The Balaban J connectivity index is 4.06. The molecule has 1 unspecified atom stereocenters. The minimum Gasteiger partial charge on any atom is -0.294 e. The molecule has 1 N–H and O–H groups in total. The van der Waals surface area contributed by atoms with E-state index in [9.17, 15) is 4.21 Å². The van der Waals surface area contributed by atoms with Crippen LogP contribution in [0.5, 0.6) is 0 Å². The van der Waals surface area contributed by atoms with Gasteiger partial charge in [-0.3, -0.25) is 4.55 Å². The van der Waals surface area contributed by atoms with Crippen molar-refractivity contribution < 1.29 is 8.76 Å². The molecule has 0 rings (SSSR count). The van der Waals surface area contributed by atoms with E-state index < -0.39 is 7.99 Å². The minimum absolute atomic E-state index is 3.36. The van der Waals surface area contributed by atoms with E-state index in [0.717, 1.165) is 0 Å². The second-order valence-corrected chi connectivity index (χ2v) is 4.40. The van der Waals surface area contributed by atoms with Gasteiger partial charge in [0.25, 0.3) is 0 Å². The number of rotatable bonds is 0. The molecule has 0 aromatic heterocycles. The van der Waals surface area contributed by atoms with Crippen LogP contribution in [0.2, 0.25) is 0 Å². The molecule has 1 atom stereocenters. The SMILES string of the molecule is O=S(O)(=S)Cl. The normalized spacial score (nSPS) is 21.2. The van der Waals surface area contributed by atoms with Crippen molar-refractivity contribution in [3.63, 3.8) is 0 Å². The molecule has 0 aromatic rings. The summed E-state index contributed by atoms with van der Waals surface area (Å²) in [4.78, 5) is 0. The summed E-state index contributed by atoms with van der Waals surface area (Å²) in [6, 6.07) is 0. The summed E-state index contributed by atoms with van der Waals surface area (Å²) in [5, 5.41) is 0. The monoisotopic (exact) mass is 132 g/mol. The first-order valence-electron chi connectivity index (χ1n) is 0.670. The Hall–Kier alpha value is 0.620. The van der Waals surface area contributed by atoms with E-state index in [1.165, 1.54) is 0 Å². The Labute approximate surface area is 39.1 Å². The quantitative estimate of drug-likeness (QED) is 0.484. The van der Waals surface area contributed by atoms with E-state index in [1.54, 1.807) is 0 Å². The average molecular weight is 133 g/mol. The van der Waals surface area contributed by atoms with Crippen molar-refractivity contribution in [2.45, 2.75) is 0 Å². The van der Waals surface area contributed by atoms with E-state index in [1.807, 2.05) is 0 Å². The average Bonchev–Trinajstić information content (AvgIpc) is 0.722. The first kappa shape index (κ1) is 5.62. The summed E-state index contributed by atoms with van der Waals surface area (Å²) >= 11 is 3.68. The molecule has 0 spiro atoms. The molecule has 0 aliphatic rings. The van der Waals surface area contributed by atoms with E-state index in [-0.39, 0.29) is 0 Å². The lowest BCUT2D eigenvalue weighted by molar-refractivity contribution is 0.577. The summed E-state index contributed by atoms with van der Waals surface area (Å²) in [6.07, 6.45) is 0. The van der Waals surface area contributed by atoms with Gasteiger partial charge in [-0.15, -0.1) is 0 Å². The molecule has 0 saturated heterocycles. The van der Waals surface area contributed by atoms with Gasteiger partial charge in [0.1, 0.15) is 0 Å². The van der Waals surface area contributed by atoms with Crippen LogP contribution in [0, 0.1) is 0 Å². The predicted molar refractivity (Wildman–Crippen MR) is 24.0 cm³/mol. The van der Waals surface area contributed by atoms with Gasteiger partial charge in [0, 0.05) is 21.9 Å². The lowest BCUT2D eigenvalue weighted by atomic mass is 15.9. The predicted octanol–water partition coefficient (Wildman–Crippen LogP) is 0.360. The topological polar surface area (TPSA) is 37.3 Å². The van der Waals surface area contributed by atoms with Gasteiger partial charge in [0.05, 0.1) is 0 Å². The summed E-state index contributed by atoms with van der Waals surface area (Å²) in [5.74, 6) is 0. The maximum atomic E-state index is 9.32. The maximum absolute atomic E-state index is 9.32. The van der Waals surface area contributed by atoms with Crippen molar-refractivity contribution in [2.24, 2.45) is 0 Å². The highest BCUT2D eigenvalue weighted by molar-refractivity contribution is 8.42. The summed E-state index contributed by atoms with van der Waals surface area (Å²) in [5.41, 5.74) is 0. The van der Waals surface area contributed by atoms with Crippen LogP contribution in [0.15, 0.2) is 0 Å². The fourth-order valence-corrected chi connectivity index (χ4v) is 0. The number of hydrogen-bond acceptors (Lipinski definition) is 2. The Morgan fingerprint density at radius 2 is 2.00 bits per heavy atom. The highest BCUT2D eigenvalue weighted by Gasteiger charge is 1.80. The lowest BCUT2D eigenvalue weighted by Crippen LogP contribution is -1.74. The van der Waals surface area contributed by atoms with Crippen molar-refractivity contribution >= 4 is 29.9 Å². The molecule has 0 saturated carbocycles. The molecular formula is HClO2S2. The van der Waals surface area contributed by atoms with Gasteiger partial charge in [-0.1, -0.05) is 0 Å². The van der Waals surface area contributed by atoms with E-state index >= 15 is 0 Å². The van der Waals surface area contributed by atoms with Crippen LogP contribution in [0.3, 0.4) is 0 Å². The summed E-state index contributed by atoms with van der Waals surface area (Å²) in [6.45, 7) is 0. The fourth-order valence-electron chi connectivity index (χ4n) is 0. The van der Waals surface area contributed by atoms with Gasteiger partial charge < -0.3 is 0 Å². The first-order chi connectivity index (χ1) is 2.00. The largest absolute Gasteiger partial charge is 0.294 e. The lowest BCUT2D eigenvalue weighted by Gasteiger charge is -1.69. The Kier molecular flexibility index (Phi) is 1.55. The third kappa shape index (κ3) is 82.5. The van der Waals surface area contributed by atoms with Crippen LogP contribution in [0.4, 0.5) is 0 Å². The Bertz CT molecular complexity index is 90.8. The van der Waals surface area contributed by atoms with Crippen molar-refractivity contribution in [3.05, 3.63) is 0 Å². The minimum atomic E-state index is -3.36. The number of halogens is 1. The van der Waals surface area contributed by atoms with Crippen LogP contribution in [-0.4, -0.2) is 8.76 Å².